The lowest BCUT2D eigenvalue weighted by Gasteiger charge is -2.11. The molecule has 0 bridgehead atoms. The molecule has 0 heterocycles. The van der Waals surface area contributed by atoms with Gasteiger partial charge in [0.1, 0.15) is 10.6 Å². The van der Waals surface area contributed by atoms with E-state index in [1.807, 2.05) is 0 Å². The first-order valence-corrected chi connectivity index (χ1v) is 16.8. The molecule has 0 aliphatic heterocycles. The summed E-state index contributed by atoms with van der Waals surface area (Å²) >= 11 is 0. The van der Waals surface area contributed by atoms with Gasteiger partial charge in [0, 0.05) is 39.7 Å². The van der Waals surface area contributed by atoms with Gasteiger partial charge < -0.3 is 22.3 Å². The molecule has 5 rings (SSSR count). The number of phenols is 1. The Morgan fingerprint density at radius 3 is 1.94 bits per heavy atom. The summed E-state index contributed by atoms with van der Waals surface area (Å²) in [5.41, 5.74) is 16.9. The molecule has 246 valence electrons. The SMILES string of the molecule is Nc1c(S(=O)(=O)O)cc2cc(S(=O)(=O)O)cc(N)c2c1O.Nc1ccc(N=Nc2cccc([N+](=O)[O-])c2)c2ccc(S(=O)(=O)O)cc12. The molecule has 10 N–H and O–H groups in total. The number of phenolic OH excluding ortho intramolecular Hbond substituents is 1. The van der Waals surface area contributed by atoms with Crippen LogP contribution in [0.2, 0.25) is 0 Å². The Hall–Kier alpha value is -5.45. The second-order valence-electron chi connectivity index (χ2n) is 9.53. The molecule has 0 fully saturated rings. The minimum absolute atomic E-state index is 0.104. The molecule has 0 saturated carbocycles. The summed E-state index contributed by atoms with van der Waals surface area (Å²) in [5.74, 6) is -0.723. The fraction of sp³-hybridized carbons (Fsp3) is 0. The van der Waals surface area contributed by atoms with E-state index >= 15 is 0 Å². The highest BCUT2D eigenvalue weighted by atomic mass is 32.2. The van der Waals surface area contributed by atoms with Crippen LogP contribution in [0.1, 0.15) is 0 Å². The lowest BCUT2D eigenvalue weighted by Crippen LogP contribution is -2.05. The highest BCUT2D eigenvalue weighted by Gasteiger charge is 2.22. The zero-order valence-corrected chi connectivity index (χ0v) is 25.7. The molecule has 18 nitrogen and oxygen atoms in total. The van der Waals surface area contributed by atoms with Crippen LogP contribution in [0.4, 0.5) is 34.1 Å². The van der Waals surface area contributed by atoms with E-state index in [-0.39, 0.29) is 27.0 Å². The average Bonchev–Trinajstić information content (AvgIpc) is 2.97. The van der Waals surface area contributed by atoms with Crippen LogP contribution in [0.3, 0.4) is 0 Å². The number of nitrogens with two attached hydrogens (primary N) is 3. The number of non-ortho nitro benzene ring substituents is 1. The number of fused-ring (bicyclic) bond motifs is 2. The van der Waals surface area contributed by atoms with Crippen molar-refractivity contribution in [1.29, 1.82) is 0 Å². The van der Waals surface area contributed by atoms with Crippen molar-refractivity contribution in [2.24, 2.45) is 10.2 Å². The molecule has 0 aliphatic carbocycles. The Balaban J connectivity index is 0.000000218. The first kappa shape index (κ1) is 34.4. The Bertz CT molecular complexity index is 2470. The maximum Gasteiger partial charge on any atom is 0.296 e. The zero-order chi connectivity index (χ0) is 35.1. The van der Waals surface area contributed by atoms with Gasteiger partial charge in [0.15, 0.2) is 0 Å². The van der Waals surface area contributed by atoms with Crippen LogP contribution in [0, 0.1) is 10.1 Å². The lowest BCUT2D eigenvalue weighted by molar-refractivity contribution is -0.384. The molecule has 0 aromatic heterocycles. The van der Waals surface area contributed by atoms with E-state index in [2.05, 4.69) is 10.2 Å². The van der Waals surface area contributed by atoms with Gasteiger partial charge in [-0.1, -0.05) is 12.1 Å². The molecule has 5 aromatic rings. The van der Waals surface area contributed by atoms with E-state index in [0.717, 1.165) is 18.2 Å². The van der Waals surface area contributed by atoms with E-state index in [1.165, 1.54) is 42.5 Å². The van der Waals surface area contributed by atoms with Gasteiger partial charge in [0.25, 0.3) is 36.0 Å². The van der Waals surface area contributed by atoms with E-state index in [4.69, 9.17) is 30.9 Å². The number of hydrogen-bond donors (Lipinski definition) is 7. The molecule has 0 saturated heterocycles. The average molecular weight is 707 g/mol. The first-order chi connectivity index (χ1) is 21.7. The third kappa shape index (κ3) is 7.51. The second-order valence-corrected chi connectivity index (χ2v) is 13.8. The third-order valence-electron chi connectivity index (χ3n) is 6.40. The molecule has 0 atom stereocenters. The van der Waals surface area contributed by atoms with E-state index in [9.17, 15) is 40.5 Å². The quantitative estimate of drug-likeness (QED) is 0.0325. The number of nitrogen functional groups attached to an aromatic ring is 3. The lowest BCUT2D eigenvalue weighted by atomic mass is 10.1. The largest absolute Gasteiger partial charge is 0.505 e. The zero-order valence-electron chi connectivity index (χ0n) is 23.3. The van der Waals surface area contributed by atoms with Crippen molar-refractivity contribution in [3.8, 4) is 5.75 Å². The fourth-order valence-electron chi connectivity index (χ4n) is 4.24. The number of rotatable bonds is 6. The summed E-state index contributed by atoms with van der Waals surface area (Å²) < 4.78 is 94.3. The number of azo groups is 1. The van der Waals surface area contributed by atoms with E-state index in [0.29, 0.717) is 27.8 Å². The Morgan fingerprint density at radius 2 is 1.34 bits per heavy atom. The van der Waals surface area contributed by atoms with Crippen LogP contribution in [-0.4, -0.2) is 48.9 Å². The van der Waals surface area contributed by atoms with Gasteiger partial charge in [-0.25, -0.2) is 0 Å². The molecule has 0 spiro atoms. The van der Waals surface area contributed by atoms with E-state index in [1.54, 1.807) is 12.1 Å². The molecule has 0 unspecified atom stereocenters. The molecular formula is C26H22N6O12S3. The Kier molecular flexibility index (Phi) is 9.07. The summed E-state index contributed by atoms with van der Waals surface area (Å²) in [5, 5.41) is 29.4. The summed E-state index contributed by atoms with van der Waals surface area (Å²) in [7, 11) is -13.7. The van der Waals surface area contributed by atoms with E-state index < -0.39 is 56.5 Å². The normalized spacial score (nSPS) is 12.2. The van der Waals surface area contributed by atoms with Gasteiger partial charge in [0.05, 0.1) is 31.8 Å². The van der Waals surface area contributed by atoms with Gasteiger partial charge in [-0.2, -0.15) is 30.4 Å². The fourth-order valence-corrected chi connectivity index (χ4v) is 5.95. The van der Waals surface area contributed by atoms with Crippen molar-refractivity contribution in [3.63, 3.8) is 0 Å². The standard InChI is InChI=1S/C16H12N4O5S.C10H10N2O7S2/c17-15-6-7-16(13-5-4-12(9-14(13)15)26(23,24)25)19-18-10-2-1-3-11(8-10)20(21)22;11-6-3-5(20(14,15)16)1-4-2-7(21(17,18)19)9(12)10(13)8(4)6/h1-9H,17H2,(H,23,24,25);1-3,13H,11-12H2,(H,14,15,16)(H,17,18,19). The van der Waals surface area contributed by atoms with Crippen molar-refractivity contribution in [2.75, 3.05) is 17.2 Å². The van der Waals surface area contributed by atoms with Crippen LogP contribution in [0.5, 0.6) is 5.75 Å². The van der Waals surface area contributed by atoms with Crippen LogP contribution in [-0.2, 0) is 30.4 Å². The minimum Gasteiger partial charge on any atom is -0.505 e. The Morgan fingerprint density at radius 1 is 0.681 bits per heavy atom. The second kappa shape index (κ2) is 12.4. The highest BCUT2D eigenvalue weighted by Crippen LogP contribution is 2.40. The summed E-state index contributed by atoms with van der Waals surface area (Å²) in [6, 6.07) is 15.3. The summed E-state index contributed by atoms with van der Waals surface area (Å²) in [6.45, 7) is 0. The number of anilines is 3. The van der Waals surface area contributed by atoms with Crippen molar-refractivity contribution in [1.82, 2.24) is 0 Å². The van der Waals surface area contributed by atoms with Crippen LogP contribution in [0.15, 0.2) is 97.7 Å². The molecule has 5 aromatic carbocycles. The van der Waals surface area contributed by atoms with Crippen LogP contribution >= 0.6 is 0 Å². The van der Waals surface area contributed by atoms with Gasteiger partial charge in [-0.15, -0.1) is 5.11 Å². The minimum atomic E-state index is -4.75. The molecular weight excluding hydrogens is 685 g/mol. The molecule has 0 radical (unpaired) electrons. The maximum atomic E-state index is 11.3. The van der Waals surface area contributed by atoms with Gasteiger partial charge in [-0.05, 0) is 53.9 Å². The number of nitrogens with zero attached hydrogens (tertiary/aromatic N) is 3. The highest BCUT2D eigenvalue weighted by molar-refractivity contribution is 7.86. The molecule has 21 heteroatoms. The number of nitro groups is 1. The van der Waals surface area contributed by atoms with Crippen molar-refractivity contribution < 1.29 is 48.9 Å². The first-order valence-electron chi connectivity index (χ1n) is 12.4. The maximum absolute atomic E-state index is 11.3. The predicted octanol–water partition coefficient (Wildman–Crippen LogP) is 4.20. The third-order valence-corrected chi connectivity index (χ3v) is 8.98. The molecule has 0 aliphatic rings. The number of hydrogen-bond acceptors (Lipinski definition) is 14. The summed E-state index contributed by atoms with van der Waals surface area (Å²) in [4.78, 5) is 8.58. The molecule has 47 heavy (non-hydrogen) atoms. The van der Waals surface area contributed by atoms with Crippen molar-refractivity contribution in [3.05, 3.63) is 82.9 Å². The topological polar surface area (TPSA) is 329 Å². The van der Waals surface area contributed by atoms with Gasteiger partial charge in [0.2, 0.25) is 0 Å². The van der Waals surface area contributed by atoms with Crippen LogP contribution in [0.25, 0.3) is 21.5 Å². The van der Waals surface area contributed by atoms with Crippen molar-refractivity contribution in [2.45, 2.75) is 14.7 Å². The number of aromatic hydroxyl groups is 1. The predicted molar refractivity (Wildman–Crippen MR) is 170 cm³/mol. The monoisotopic (exact) mass is 706 g/mol. The summed E-state index contributed by atoms with van der Waals surface area (Å²) in [6.07, 6.45) is 0. The molecule has 0 amide bonds. The van der Waals surface area contributed by atoms with Crippen molar-refractivity contribution >= 4 is 86.0 Å². The van der Waals surface area contributed by atoms with Crippen LogP contribution < -0.4 is 17.2 Å². The Labute approximate surface area is 265 Å². The van der Waals surface area contributed by atoms with Gasteiger partial charge in [-0.3, -0.25) is 23.8 Å². The number of nitro benzene ring substituents is 1. The number of benzene rings is 5. The van der Waals surface area contributed by atoms with Gasteiger partial charge >= 0.3 is 0 Å². The smallest absolute Gasteiger partial charge is 0.296 e.